The molecule has 1 unspecified atom stereocenters. The van der Waals surface area contributed by atoms with E-state index in [0.29, 0.717) is 18.8 Å². The number of sulfone groups is 1. The molecule has 1 amide bonds. The highest BCUT2D eigenvalue weighted by molar-refractivity contribution is 7.91. The van der Waals surface area contributed by atoms with Crippen LogP contribution in [0.5, 0.6) is 0 Å². The molecule has 8 heteroatoms. The van der Waals surface area contributed by atoms with Crippen molar-refractivity contribution in [1.29, 1.82) is 0 Å². The lowest BCUT2D eigenvalue weighted by Gasteiger charge is -2.21. The minimum absolute atomic E-state index is 0.0709. The molecular formula is C22H32N4O3S. The number of hydrogen-bond acceptors (Lipinski definition) is 5. The average molecular weight is 433 g/mol. The molecular weight excluding hydrogens is 400 g/mol. The highest BCUT2D eigenvalue weighted by Crippen LogP contribution is 2.27. The highest BCUT2D eigenvalue weighted by Gasteiger charge is 2.31. The van der Waals surface area contributed by atoms with Crippen LogP contribution in [0.25, 0.3) is 0 Å². The van der Waals surface area contributed by atoms with Gasteiger partial charge in [0.05, 0.1) is 29.8 Å². The molecule has 164 valence electrons. The Hall–Kier alpha value is -2.19. The number of rotatable bonds is 6. The van der Waals surface area contributed by atoms with Crippen molar-refractivity contribution >= 4 is 21.6 Å². The van der Waals surface area contributed by atoms with E-state index < -0.39 is 9.84 Å². The first kappa shape index (κ1) is 22.5. The summed E-state index contributed by atoms with van der Waals surface area (Å²) in [6.45, 7) is 9.29. The number of nitrogens with zero attached hydrogens (tertiary/aromatic N) is 3. The fourth-order valence-electron chi connectivity index (χ4n) is 3.76. The summed E-state index contributed by atoms with van der Waals surface area (Å²) in [4.78, 5) is 14.5. The van der Waals surface area contributed by atoms with Gasteiger partial charge >= 0.3 is 0 Å². The largest absolute Gasteiger partial charge is 0.310 e. The van der Waals surface area contributed by atoms with E-state index in [1.807, 2.05) is 18.9 Å². The monoisotopic (exact) mass is 432 g/mol. The number of aromatic nitrogens is 2. The molecule has 2 heterocycles. The van der Waals surface area contributed by atoms with Crippen molar-refractivity contribution < 1.29 is 13.2 Å². The van der Waals surface area contributed by atoms with Crippen LogP contribution in [0.3, 0.4) is 0 Å². The molecule has 2 aromatic rings. The van der Waals surface area contributed by atoms with Crippen LogP contribution in [0.15, 0.2) is 30.3 Å². The fraction of sp³-hybridized carbons (Fsp3) is 0.545. The topological polar surface area (TPSA) is 84.3 Å². The van der Waals surface area contributed by atoms with E-state index in [1.165, 1.54) is 5.56 Å². The number of anilines is 1. The summed E-state index contributed by atoms with van der Waals surface area (Å²) in [7, 11) is -1.12. The number of carbonyl (C=O) groups is 1. The Balaban J connectivity index is 1.59. The Kier molecular flexibility index (Phi) is 6.38. The van der Waals surface area contributed by atoms with E-state index in [2.05, 4.69) is 55.5 Å². The zero-order chi connectivity index (χ0) is 22.1. The molecule has 7 nitrogen and oxygen atoms in total. The van der Waals surface area contributed by atoms with Crippen LogP contribution in [0.1, 0.15) is 50.1 Å². The van der Waals surface area contributed by atoms with Crippen molar-refractivity contribution in [2.75, 3.05) is 30.4 Å². The molecule has 0 aliphatic carbocycles. The first-order valence-electron chi connectivity index (χ1n) is 10.3. The van der Waals surface area contributed by atoms with Gasteiger partial charge < -0.3 is 5.32 Å². The quantitative estimate of drug-likeness (QED) is 0.759. The molecule has 1 N–H and O–H groups in total. The first-order valence-corrected chi connectivity index (χ1v) is 12.1. The lowest BCUT2D eigenvalue weighted by atomic mass is 9.87. The molecule has 1 aromatic carbocycles. The van der Waals surface area contributed by atoms with Gasteiger partial charge in [0.2, 0.25) is 5.91 Å². The summed E-state index contributed by atoms with van der Waals surface area (Å²) in [5, 5.41) is 7.32. The van der Waals surface area contributed by atoms with E-state index >= 15 is 0 Å². The number of amides is 1. The highest BCUT2D eigenvalue weighted by atomic mass is 32.2. The van der Waals surface area contributed by atoms with Gasteiger partial charge in [-0.05, 0) is 36.9 Å². The molecule has 1 aliphatic heterocycles. The molecule has 1 aromatic heterocycles. The fourth-order valence-corrected chi connectivity index (χ4v) is 5.45. The Morgan fingerprint density at radius 2 is 1.93 bits per heavy atom. The molecule has 0 saturated carbocycles. The van der Waals surface area contributed by atoms with Crippen LogP contribution in [0, 0.1) is 6.92 Å². The van der Waals surface area contributed by atoms with Crippen molar-refractivity contribution in [3.05, 3.63) is 47.2 Å². The second-order valence-electron chi connectivity index (χ2n) is 9.34. The summed E-state index contributed by atoms with van der Waals surface area (Å²) in [6, 6.07) is 10.1. The zero-order valence-electron chi connectivity index (χ0n) is 18.5. The Morgan fingerprint density at radius 3 is 2.50 bits per heavy atom. The average Bonchev–Trinajstić information content (AvgIpc) is 3.15. The third-order valence-corrected chi connectivity index (χ3v) is 7.12. The van der Waals surface area contributed by atoms with Gasteiger partial charge in [-0.2, -0.15) is 5.10 Å². The second kappa shape index (κ2) is 8.51. The van der Waals surface area contributed by atoms with Crippen molar-refractivity contribution in [2.45, 2.75) is 52.1 Å². The normalized spacial score (nSPS) is 18.7. The molecule has 1 atom stereocenters. The van der Waals surface area contributed by atoms with Gasteiger partial charge in [0.1, 0.15) is 5.82 Å². The van der Waals surface area contributed by atoms with Gasteiger partial charge in [0.15, 0.2) is 9.84 Å². The van der Waals surface area contributed by atoms with Crippen LogP contribution in [0.2, 0.25) is 0 Å². The molecule has 1 fully saturated rings. The number of likely N-dealkylation sites (N-methyl/N-ethyl adjacent to an activating group) is 1. The SMILES string of the molecule is Cc1cc(NC(=O)CN(C)Cc2ccc(C(C)(C)C)cc2)n(C2CCS(=O)(=O)C2)n1. The summed E-state index contributed by atoms with van der Waals surface area (Å²) in [5.41, 5.74) is 3.30. The standard InChI is InChI=1S/C22H32N4O3S/c1-16-12-20(26(24-16)19-10-11-30(28,29)15-19)23-21(27)14-25(5)13-17-6-8-18(9-7-17)22(2,3)4/h6-9,12,19H,10-11,13-15H2,1-5H3,(H,23,27). The lowest BCUT2D eigenvalue weighted by Crippen LogP contribution is -2.31. The summed E-state index contributed by atoms with van der Waals surface area (Å²) >= 11 is 0. The molecule has 1 aliphatic rings. The smallest absolute Gasteiger partial charge is 0.239 e. The molecule has 0 radical (unpaired) electrons. The third kappa shape index (κ3) is 5.70. The van der Waals surface area contributed by atoms with Gasteiger partial charge in [0, 0.05) is 12.6 Å². The zero-order valence-corrected chi connectivity index (χ0v) is 19.3. The maximum Gasteiger partial charge on any atom is 0.239 e. The van der Waals surface area contributed by atoms with Gasteiger partial charge in [0.25, 0.3) is 0 Å². The lowest BCUT2D eigenvalue weighted by molar-refractivity contribution is -0.117. The van der Waals surface area contributed by atoms with Crippen molar-refractivity contribution in [3.8, 4) is 0 Å². The van der Waals surface area contributed by atoms with Crippen LogP contribution >= 0.6 is 0 Å². The van der Waals surface area contributed by atoms with Crippen LogP contribution in [0.4, 0.5) is 5.82 Å². The minimum Gasteiger partial charge on any atom is -0.310 e. The molecule has 1 saturated heterocycles. The molecule has 0 spiro atoms. The Labute approximate surface area is 179 Å². The predicted molar refractivity (Wildman–Crippen MR) is 119 cm³/mol. The number of nitrogens with one attached hydrogen (secondary N) is 1. The Bertz CT molecular complexity index is 1000. The summed E-state index contributed by atoms with van der Waals surface area (Å²) in [6.07, 6.45) is 0.525. The molecule has 0 bridgehead atoms. The first-order chi connectivity index (χ1) is 13.9. The van der Waals surface area contributed by atoms with E-state index in [0.717, 1.165) is 11.3 Å². The minimum atomic E-state index is -3.03. The second-order valence-corrected chi connectivity index (χ2v) is 11.6. The molecule has 30 heavy (non-hydrogen) atoms. The van der Waals surface area contributed by atoms with Gasteiger partial charge in [-0.15, -0.1) is 0 Å². The van der Waals surface area contributed by atoms with Gasteiger partial charge in [-0.1, -0.05) is 45.0 Å². The molecule has 3 rings (SSSR count). The Morgan fingerprint density at radius 1 is 1.27 bits per heavy atom. The maximum absolute atomic E-state index is 12.6. The van der Waals surface area contributed by atoms with E-state index in [-0.39, 0.29) is 35.4 Å². The van der Waals surface area contributed by atoms with Crippen molar-refractivity contribution in [3.63, 3.8) is 0 Å². The summed E-state index contributed by atoms with van der Waals surface area (Å²) < 4.78 is 25.3. The number of hydrogen-bond donors (Lipinski definition) is 1. The van der Waals surface area contributed by atoms with E-state index in [4.69, 9.17) is 0 Å². The van der Waals surface area contributed by atoms with Crippen LogP contribution < -0.4 is 5.32 Å². The third-order valence-electron chi connectivity index (χ3n) is 5.37. The van der Waals surface area contributed by atoms with Gasteiger partial charge in [-0.3, -0.25) is 9.69 Å². The maximum atomic E-state index is 12.6. The van der Waals surface area contributed by atoms with Crippen LogP contribution in [-0.2, 0) is 26.6 Å². The van der Waals surface area contributed by atoms with Crippen LogP contribution in [-0.4, -0.2) is 54.1 Å². The number of carbonyl (C=O) groups excluding carboxylic acids is 1. The predicted octanol–water partition coefficient (Wildman–Crippen LogP) is 2.92. The number of aryl methyl sites for hydroxylation is 1. The van der Waals surface area contributed by atoms with E-state index in [9.17, 15) is 13.2 Å². The van der Waals surface area contributed by atoms with Crippen molar-refractivity contribution in [2.24, 2.45) is 0 Å². The van der Waals surface area contributed by atoms with E-state index in [1.54, 1.807) is 10.7 Å². The summed E-state index contributed by atoms with van der Waals surface area (Å²) in [5.74, 6) is 0.649. The number of benzene rings is 1. The van der Waals surface area contributed by atoms with Crippen molar-refractivity contribution in [1.82, 2.24) is 14.7 Å². The van der Waals surface area contributed by atoms with Gasteiger partial charge in [-0.25, -0.2) is 13.1 Å².